The van der Waals surface area contributed by atoms with E-state index in [4.69, 9.17) is 9.47 Å². The van der Waals surface area contributed by atoms with Crippen molar-refractivity contribution in [1.82, 2.24) is 5.32 Å². The number of nitrogens with zero attached hydrogens (tertiary/aromatic N) is 1. The summed E-state index contributed by atoms with van der Waals surface area (Å²) >= 11 is 0. The fourth-order valence-electron chi connectivity index (χ4n) is 2.95. The van der Waals surface area contributed by atoms with Crippen molar-refractivity contribution in [3.05, 3.63) is 54.1 Å². The first-order chi connectivity index (χ1) is 12.6. The number of amides is 2. The lowest BCUT2D eigenvalue weighted by molar-refractivity contribution is -0.127. The SMILES string of the molecule is COc1ccccc1CCC(=O)NCC1Oc2ccccc2N(C)C1=O. The Balaban J connectivity index is 1.54. The number of rotatable bonds is 6. The summed E-state index contributed by atoms with van der Waals surface area (Å²) in [4.78, 5) is 26.1. The molecule has 0 spiro atoms. The molecule has 0 radical (unpaired) electrons. The highest BCUT2D eigenvalue weighted by Gasteiger charge is 2.32. The van der Waals surface area contributed by atoms with Gasteiger partial charge in [-0.05, 0) is 30.2 Å². The third-order valence-electron chi connectivity index (χ3n) is 4.40. The largest absolute Gasteiger partial charge is 0.496 e. The van der Waals surface area contributed by atoms with Gasteiger partial charge in [0.15, 0.2) is 6.10 Å². The van der Waals surface area contributed by atoms with Crippen molar-refractivity contribution in [3.8, 4) is 11.5 Å². The van der Waals surface area contributed by atoms with E-state index < -0.39 is 6.10 Å². The summed E-state index contributed by atoms with van der Waals surface area (Å²) < 4.78 is 11.0. The van der Waals surface area contributed by atoms with Crippen LogP contribution in [0.3, 0.4) is 0 Å². The molecule has 0 saturated heterocycles. The summed E-state index contributed by atoms with van der Waals surface area (Å²) in [6, 6.07) is 15.0. The molecule has 1 N–H and O–H groups in total. The van der Waals surface area contributed by atoms with Crippen molar-refractivity contribution < 1.29 is 19.1 Å². The second-order valence-electron chi connectivity index (χ2n) is 6.09. The predicted octanol–water partition coefficient (Wildman–Crippen LogP) is 2.17. The van der Waals surface area contributed by atoms with Gasteiger partial charge in [-0.15, -0.1) is 0 Å². The van der Waals surface area contributed by atoms with Crippen LogP contribution in [0.15, 0.2) is 48.5 Å². The van der Waals surface area contributed by atoms with E-state index in [-0.39, 0.29) is 18.4 Å². The average molecular weight is 354 g/mol. The highest BCUT2D eigenvalue weighted by Crippen LogP contribution is 2.32. The highest BCUT2D eigenvalue weighted by atomic mass is 16.5. The van der Waals surface area contributed by atoms with Crippen molar-refractivity contribution in [3.63, 3.8) is 0 Å². The lowest BCUT2D eigenvalue weighted by Gasteiger charge is -2.31. The third-order valence-corrected chi connectivity index (χ3v) is 4.40. The molecule has 1 aliphatic heterocycles. The van der Waals surface area contributed by atoms with E-state index in [0.29, 0.717) is 18.6 Å². The first-order valence-corrected chi connectivity index (χ1v) is 8.52. The van der Waals surface area contributed by atoms with Crippen LogP contribution in [0.1, 0.15) is 12.0 Å². The number of ether oxygens (including phenoxy) is 2. The minimum atomic E-state index is -0.717. The van der Waals surface area contributed by atoms with Gasteiger partial charge in [0.05, 0.1) is 19.3 Å². The minimum Gasteiger partial charge on any atom is -0.496 e. The number of nitrogens with one attached hydrogen (secondary N) is 1. The lowest BCUT2D eigenvalue weighted by Crippen LogP contribution is -2.49. The Hall–Kier alpha value is -3.02. The maximum Gasteiger partial charge on any atom is 0.269 e. The van der Waals surface area contributed by atoms with Gasteiger partial charge in [-0.1, -0.05) is 30.3 Å². The molecule has 0 bridgehead atoms. The van der Waals surface area contributed by atoms with E-state index in [2.05, 4.69) is 5.32 Å². The number of aryl methyl sites for hydroxylation is 1. The van der Waals surface area contributed by atoms with Crippen LogP contribution in [0, 0.1) is 0 Å². The van der Waals surface area contributed by atoms with Crippen LogP contribution >= 0.6 is 0 Å². The molecule has 2 aromatic rings. The molecule has 1 unspecified atom stereocenters. The minimum absolute atomic E-state index is 0.131. The number of benzene rings is 2. The Bertz CT molecular complexity index is 806. The molecule has 0 aromatic heterocycles. The van der Waals surface area contributed by atoms with Crippen LogP contribution in [-0.4, -0.2) is 38.6 Å². The van der Waals surface area contributed by atoms with E-state index in [0.717, 1.165) is 17.0 Å². The number of hydrogen-bond donors (Lipinski definition) is 1. The van der Waals surface area contributed by atoms with Gasteiger partial charge < -0.3 is 19.7 Å². The number of carbonyl (C=O) groups excluding carboxylic acids is 2. The fraction of sp³-hybridized carbons (Fsp3) is 0.300. The van der Waals surface area contributed by atoms with E-state index in [1.807, 2.05) is 48.5 Å². The van der Waals surface area contributed by atoms with Gasteiger partial charge in [0.2, 0.25) is 5.91 Å². The van der Waals surface area contributed by atoms with E-state index in [1.54, 1.807) is 19.1 Å². The van der Waals surface area contributed by atoms with Gasteiger partial charge >= 0.3 is 0 Å². The molecule has 3 rings (SSSR count). The number of fused-ring (bicyclic) bond motifs is 1. The smallest absolute Gasteiger partial charge is 0.269 e. The van der Waals surface area contributed by atoms with Crippen molar-refractivity contribution in [1.29, 1.82) is 0 Å². The van der Waals surface area contributed by atoms with Gasteiger partial charge in [0.1, 0.15) is 11.5 Å². The molecule has 6 heteroatoms. The van der Waals surface area contributed by atoms with Gasteiger partial charge in [0, 0.05) is 13.5 Å². The Morgan fingerprint density at radius 2 is 1.92 bits per heavy atom. The Morgan fingerprint density at radius 3 is 2.73 bits per heavy atom. The lowest BCUT2D eigenvalue weighted by atomic mass is 10.1. The standard InChI is InChI=1S/C20H22N2O4/c1-22-15-8-4-6-10-17(15)26-18(20(22)24)13-21-19(23)12-11-14-7-3-5-9-16(14)25-2/h3-10,18H,11-13H2,1-2H3,(H,21,23). The predicted molar refractivity (Wildman–Crippen MR) is 98.6 cm³/mol. The molecule has 0 aliphatic carbocycles. The van der Waals surface area contributed by atoms with Gasteiger partial charge in [-0.25, -0.2) is 0 Å². The zero-order valence-electron chi connectivity index (χ0n) is 14.9. The first-order valence-electron chi connectivity index (χ1n) is 8.52. The molecule has 1 atom stereocenters. The van der Waals surface area contributed by atoms with Crippen molar-refractivity contribution in [2.24, 2.45) is 0 Å². The maximum absolute atomic E-state index is 12.4. The molecule has 1 aliphatic rings. The van der Waals surface area contributed by atoms with E-state index in [1.165, 1.54) is 0 Å². The molecule has 6 nitrogen and oxygen atoms in total. The zero-order chi connectivity index (χ0) is 18.5. The van der Waals surface area contributed by atoms with Gasteiger partial charge in [-0.2, -0.15) is 0 Å². The van der Waals surface area contributed by atoms with E-state index in [9.17, 15) is 9.59 Å². The molecular formula is C20H22N2O4. The van der Waals surface area contributed by atoms with Crippen LogP contribution < -0.4 is 19.7 Å². The number of methoxy groups -OCH3 is 1. The monoisotopic (exact) mass is 354 g/mol. The highest BCUT2D eigenvalue weighted by molar-refractivity contribution is 5.99. The van der Waals surface area contributed by atoms with Crippen LogP contribution in [0.5, 0.6) is 11.5 Å². The summed E-state index contributed by atoms with van der Waals surface area (Å²) in [5, 5.41) is 2.79. The quantitative estimate of drug-likeness (QED) is 0.863. The topological polar surface area (TPSA) is 67.9 Å². The number of likely N-dealkylation sites (N-methyl/N-ethyl adjacent to an activating group) is 1. The van der Waals surface area contributed by atoms with Crippen LogP contribution in [0.2, 0.25) is 0 Å². The average Bonchev–Trinajstić information content (AvgIpc) is 2.68. The van der Waals surface area contributed by atoms with Crippen molar-refractivity contribution >= 4 is 17.5 Å². The molecule has 0 fully saturated rings. The summed E-state index contributed by atoms with van der Waals surface area (Å²) in [5.74, 6) is 1.11. The third kappa shape index (κ3) is 3.79. The Morgan fingerprint density at radius 1 is 1.19 bits per heavy atom. The molecule has 1 heterocycles. The van der Waals surface area contributed by atoms with Crippen molar-refractivity contribution in [2.45, 2.75) is 18.9 Å². The first kappa shape index (κ1) is 17.8. The summed E-state index contributed by atoms with van der Waals surface area (Å²) in [5.41, 5.74) is 1.71. The van der Waals surface area contributed by atoms with Gasteiger partial charge in [0.25, 0.3) is 5.91 Å². The Labute approximate surface area is 152 Å². The maximum atomic E-state index is 12.4. The molecular weight excluding hydrogens is 332 g/mol. The summed E-state index contributed by atoms with van der Waals surface area (Å²) in [6.07, 6.45) is 0.163. The normalized spacial score (nSPS) is 15.8. The number of para-hydroxylation sites is 3. The van der Waals surface area contributed by atoms with Crippen LogP contribution in [-0.2, 0) is 16.0 Å². The van der Waals surface area contributed by atoms with Crippen LogP contribution in [0.4, 0.5) is 5.69 Å². The number of anilines is 1. The molecule has 2 amide bonds. The summed E-state index contributed by atoms with van der Waals surface area (Å²) in [6.45, 7) is 0.141. The second-order valence-corrected chi connectivity index (χ2v) is 6.09. The number of carbonyl (C=O) groups is 2. The summed E-state index contributed by atoms with van der Waals surface area (Å²) in [7, 11) is 3.32. The Kier molecular flexibility index (Phi) is 5.41. The second kappa shape index (κ2) is 7.91. The number of hydrogen-bond acceptors (Lipinski definition) is 4. The van der Waals surface area contributed by atoms with Crippen molar-refractivity contribution in [2.75, 3.05) is 25.6 Å². The fourth-order valence-corrected chi connectivity index (χ4v) is 2.95. The zero-order valence-corrected chi connectivity index (χ0v) is 14.9. The molecule has 136 valence electrons. The molecule has 26 heavy (non-hydrogen) atoms. The molecule has 0 saturated carbocycles. The molecule has 2 aromatic carbocycles. The van der Waals surface area contributed by atoms with Crippen LogP contribution in [0.25, 0.3) is 0 Å². The van der Waals surface area contributed by atoms with E-state index >= 15 is 0 Å². The van der Waals surface area contributed by atoms with Gasteiger partial charge in [-0.3, -0.25) is 9.59 Å².